The van der Waals surface area contributed by atoms with Gasteiger partial charge in [0.25, 0.3) is 0 Å². The van der Waals surface area contributed by atoms with Gasteiger partial charge in [-0.3, -0.25) is 4.79 Å². The van der Waals surface area contributed by atoms with Gasteiger partial charge in [0.05, 0.1) is 0 Å². The number of rotatable bonds is 7. The highest BCUT2D eigenvalue weighted by molar-refractivity contribution is 5.92. The summed E-state index contributed by atoms with van der Waals surface area (Å²) in [5, 5.41) is 0. The highest BCUT2D eigenvalue weighted by Crippen LogP contribution is 2.16. The number of amides is 1. The van der Waals surface area contributed by atoms with Crippen molar-refractivity contribution in [2.24, 2.45) is 5.73 Å². The van der Waals surface area contributed by atoms with Crippen LogP contribution in [0.15, 0.2) is 47.6 Å². The summed E-state index contributed by atoms with van der Waals surface area (Å²) in [6.07, 6.45) is 8.55. The number of hydrogen-bond donors (Lipinski definition) is 1. The van der Waals surface area contributed by atoms with Crippen LogP contribution < -0.4 is 5.73 Å². The molecule has 0 unspecified atom stereocenters. The quantitative estimate of drug-likeness (QED) is 0.446. The standard InChI is InChI=1S/C17H23NO/c1-3-4-6-11-16(12-14(2)17(18)19)13-15-9-7-5-8-10-15/h5,7-10,12-13H,3-4,6,11H2,1-2H3,(H2,18,19)/b14-12+,16-13+. The van der Waals surface area contributed by atoms with Crippen LogP contribution in [0.3, 0.4) is 0 Å². The lowest BCUT2D eigenvalue weighted by atomic mass is 10.0. The Morgan fingerprint density at radius 2 is 1.89 bits per heavy atom. The van der Waals surface area contributed by atoms with Crippen molar-refractivity contribution in [3.05, 3.63) is 53.1 Å². The number of hydrogen-bond acceptors (Lipinski definition) is 1. The maximum absolute atomic E-state index is 11.1. The normalized spacial score (nSPS) is 12.5. The van der Waals surface area contributed by atoms with E-state index in [4.69, 9.17) is 5.73 Å². The van der Waals surface area contributed by atoms with Crippen LogP contribution in [0.25, 0.3) is 6.08 Å². The van der Waals surface area contributed by atoms with Gasteiger partial charge in [0, 0.05) is 5.57 Å². The Morgan fingerprint density at radius 1 is 1.21 bits per heavy atom. The fourth-order valence-electron chi connectivity index (χ4n) is 1.88. The first-order valence-electron chi connectivity index (χ1n) is 6.87. The zero-order valence-corrected chi connectivity index (χ0v) is 11.9. The molecule has 2 heteroatoms. The summed E-state index contributed by atoms with van der Waals surface area (Å²) in [4.78, 5) is 11.1. The SMILES string of the molecule is CCCCCC(=C\c1ccccc1)/C=C(\C)C(N)=O. The second-order valence-corrected chi connectivity index (χ2v) is 4.78. The zero-order valence-electron chi connectivity index (χ0n) is 11.9. The van der Waals surface area contributed by atoms with Crippen molar-refractivity contribution < 1.29 is 4.79 Å². The summed E-state index contributed by atoms with van der Waals surface area (Å²) in [5.74, 6) is -0.352. The van der Waals surface area contributed by atoms with Crippen molar-refractivity contribution in [1.82, 2.24) is 0 Å². The number of benzene rings is 1. The highest BCUT2D eigenvalue weighted by atomic mass is 16.1. The topological polar surface area (TPSA) is 43.1 Å². The highest BCUT2D eigenvalue weighted by Gasteiger charge is 2.01. The van der Waals surface area contributed by atoms with E-state index in [0.29, 0.717) is 5.57 Å². The molecule has 0 fully saturated rings. The van der Waals surface area contributed by atoms with Gasteiger partial charge in [0.2, 0.25) is 5.91 Å². The molecule has 2 nitrogen and oxygen atoms in total. The summed E-state index contributed by atoms with van der Waals surface area (Å²) in [6.45, 7) is 3.95. The van der Waals surface area contributed by atoms with E-state index >= 15 is 0 Å². The van der Waals surface area contributed by atoms with Crippen LogP contribution in [0, 0.1) is 0 Å². The summed E-state index contributed by atoms with van der Waals surface area (Å²) >= 11 is 0. The third-order valence-corrected chi connectivity index (χ3v) is 3.01. The van der Waals surface area contributed by atoms with Crippen LogP contribution in [-0.2, 0) is 4.79 Å². The molecule has 1 rings (SSSR count). The smallest absolute Gasteiger partial charge is 0.244 e. The van der Waals surface area contributed by atoms with Crippen molar-refractivity contribution in [2.45, 2.75) is 39.5 Å². The molecule has 0 radical (unpaired) electrons. The number of allylic oxidation sites excluding steroid dienone is 2. The van der Waals surface area contributed by atoms with E-state index in [-0.39, 0.29) is 5.91 Å². The molecule has 1 aromatic carbocycles. The van der Waals surface area contributed by atoms with Crippen molar-refractivity contribution >= 4 is 12.0 Å². The van der Waals surface area contributed by atoms with Gasteiger partial charge in [-0.25, -0.2) is 0 Å². The Labute approximate surface area is 116 Å². The van der Waals surface area contributed by atoms with Gasteiger partial charge in [0.15, 0.2) is 0 Å². The van der Waals surface area contributed by atoms with E-state index in [1.54, 1.807) is 6.92 Å². The minimum absolute atomic E-state index is 0.352. The van der Waals surface area contributed by atoms with Gasteiger partial charge in [0.1, 0.15) is 0 Å². The number of carbonyl (C=O) groups is 1. The summed E-state index contributed by atoms with van der Waals surface area (Å²) in [6, 6.07) is 10.2. The van der Waals surface area contributed by atoms with E-state index in [1.165, 1.54) is 12.8 Å². The van der Waals surface area contributed by atoms with Crippen LogP contribution in [0.5, 0.6) is 0 Å². The molecular weight excluding hydrogens is 234 g/mol. The molecule has 1 aromatic rings. The average Bonchev–Trinajstić information content (AvgIpc) is 2.40. The van der Waals surface area contributed by atoms with E-state index < -0.39 is 0 Å². The second kappa shape index (κ2) is 8.30. The monoisotopic (exact) mass is 257 g/mol. The predicted molar refractivity (Wildman–Crippen MR) is 81.5 cm³/mol. The second-order valence-electron chi connectivity index (χ2n) is 4.78. The summed E-state index contributed by atoms with van der Waals surface area (Å²) in [7, 11) is 0. The van der Waals surface area contributed by atoms with Crippen molar-refractivity contribution in [1.29, 1.82) is 0 Å². The third-order valence-electron chi connectivity index (χ3n) is 3.01. The van der Waals surface area contributed by atoms with Gasteiger partial charge >= 0.3 is 0 Å². The molecule has 102 valence electrons. The van der Waals surface area contributed by atoms with Crippen molar-refractivity contribution in [2.75, 3.05) is 0 Å². The molecule has 0 aliphatic rings. The first-order chi connectivity index (χ1) is 9.13. The maximum atomic E-state index is 11.1. The molecule has 0 saturated carbocycles. The van der Waals surface area contributed by atoms with Gasteiger partial charge in [-0.15, -0.1) is 0 Å². The van der Waals surface area contributed by atoms with Crippen molar-refractivity contribution in [3.63, 3.8) is 0 Å². The Balaban J connectivity index is 2.89. The molecule has 1 amide bonds. The molecule has 0 aliphatic heterocycles. The average molecular weight is 257 g/mol. The summed E-state index contributed by atoms with van der Waals surface area (Å²) in [5.41, 5.74) is 8.23. The Bertz CT molecular complexity index is 457. The van der Waals surface area contributed by atoms with Gasteiger partial charge < -0.3 is 5.73 Å². The van der Waals surface area contributed by atoms with Gasteiger partial charge in [-0.1, -0.05) is 62.2 Å². The molecule has 0 bridgehead atoms. The zero-order chi connectivity index (χ0) is 14.1. The molecule has 0 heterocycles. The van der Waals surface area contributed by atoms with E-state index in [1.807, 2.05) is 24.3 Å². The lowest BCUT2D eigenvalue weighted by Crippen LogP contribution is -2.11. The number of carbonyl (C=O) groups excluding carboxylic acids is 1. The molecule has 2 N–H and O–H groups in total. The Hall–Kier alpha value is -1.83. The fraction of sp³-hybridized carbons (Fsp3) is 0.353. The minimum Gasteiger partial charge on any atom is -0.366 e. The molecular formula is C17H23NO. The van der Waals surface area contributed by atoms with Crippen LogP contribution in [0.1, 0.15) is 45.1 Å². The third kappa shape index (κ3) is 6.05. The molecule has 0 atom stereocenters. The van der Waals surface area contributed by atoms with E-state index in [0.717, 1.165) is 24.0 Å². The van der Waals surface area contributed by atoms with Crippen molar-refractivity contribution in [3.8, 4) is 0 Å². The molecule has 0 saturated heterocycles. The van der Waals surface area contributed by atoms with Crippen LogP contribution in [0.4, 0.5) is 0 Å². The minimum atomic E-state index is -0.352. The van der Waals surface area contributed by atoms with Crippen LogP contribution >= 0.6 is 0 Å². The number of unbranched alkanes of at least 4 members (excludes halogenated alkanes) is 2. The molecule has 0 aliphatic carbocycles. The first kappa shape index (κ1) is 15.2. The van der Waals surface area contributed by atoms with Gasteiger partial charge in [-0.05, 0) is 30.9 Å². The van der Waals surface area contributed by atoms with E-state index in [9.17, 15) is 4.79 Å². The van der Waals surface area contributed by atoms with Crippen LogP contribution in [-0.4, -0.2) is 5.91 Å². The summed E-state index contributed by atoms with van der Waals surface area (Å²) < 4.78 is 0. The Kier molecular flexibility index (Phi) is 6.65. The van der Waals surface area contributed by atoms with Crippen LogP contribution in [0.2, 0.25) is 0 Å². The molecule has 19 heavy (non-hydrogen) atoms. The largest absolute Gasteiger partial charge is 0.366 e. The lowest BCUT2D eigenvalue weighted by Gasteiger charge is -2.04. The first-order valence-corrected chi connectivity index (χ1v) is 6.87. The predicted octanol–water partition coefficient (Wildman–Crippen LogP) is 4.08. The van der Waals surface area contributed by atoms with E-state index in [2.05, 4.69) is 25.1 Å². The molecule has 0 aromatic heterocycles. The lowest BCUT2D eigenvalue weighted by molar-refractivity contribution is -0.114. The number of nitrogens with two attached hydrogens (primary N) is 1. The Morgan fingerprint density at radius 3 is 2.47 bits per heavy atom. The van der Waals surface area contributed by atoms with Gasteiger partial charge in [-0.2, -0.15) is 0 Å². The fourth-order valence-corrected chi connectivity index (χ4v) is 1.88. The maximum Gasteiger partial charge on any atom is 0.244 e. The molecule has 0 spiro atoms. The number of primary amides is 1.